The number of hydrogen-bond acceptors (Lipinski definition) is 7. The molecule has 2 aromatic heterocycles. The van der Waals surface area contributed by atoms with Gasteiger partial charge in [0.15, 0.2) is 0 Å². The molecule has 0 aliphatic rings. The number of nitrogens with zero attached hydrogens (tertiary/aromatic N) is 2. The van der Waals surface area contributed by atoms with E-state index >= 15 is 0 Å². The van der Waals surface area contributed by atoms with Crippen LogP contribution < -0.4 is 5.32 Å². The molecule has 2 heterocycles. The summed E-state index contributed by atoms with van der Waals surface area (Å²) in [6.07, 6.45) is 5.08. The van der Waals surface area contributed by atoms with Crippen molar-refractivity contribution < 1.29 is 24.5 Å². The van der Waals surface area contributed by atoms with Gasteiger partial charge in [-0.3, -0.25) is 9.78 Å². The molecular formula is C13H14N4O5. The van der Waals surface area contributed by atoms with Crippen LogP contribution in [0.5, 0.6) is 11.5 Å². The third kappa shape index (κ3) is 3.32. The molecule has 1 atom stereocenters. The van der Waals surface area contributed by atoms with Crippen molar-refractivity contribution in [2.45, 2.75) is 12.5 Å². The van der Waals surface area contributed by atoms with Crippen molar-refractivity contribution in [1.82, 2.24) is 20.3 Å². The maximum atomic E-state index is 12.2. The van der Waals surface area contributed by atoms with Crippen molar-refractivity contribution in [3.8, 4) is 11.5 Å². The Bertz CT molecular complexity index is 651. The van der Waals surface area contributed by atoms with Gasteiger partial charge in [0, 0.05) is 18.3 Å². The summed E-state index contributed by atoms with van der Waals surface area (Å²) in [6.45, 7) is 0. The molecule has 0 spiro atoms. The summed E-state index contributed by atoms with van der Waals surface area (Å²) >= 11 is 0. The van der Waals surface area contributed by atoms with Gasteiger partial charge in [-0.15, -0.1) is 0 Å². The number of aromatic nitrogens is 3. The van der Waals surface area contributed by atoms with E-state index in [1.54, 1.807) is 0 Å². The zero-order valence-corrected chi connectivity index (χ0v) is 11.6. The van der Waals surface area contributed by atoms with Crippen LogP contribution in [0.4, 0.5) is 0 Å². The molecule has 0 saturated heterocycles. The molecule has 0 unspecified atom stereocenters. The molecule has 0 fully saturated rings. The Morgan fingerprint density at radius 2 is 1.95 bits per heavy atom. The van der Waals surface area contributed by atoms with Crippen LogP contribution in [-0.2, 0) is 16.0 Å². The number of methoxy groups -OCH3 is 1. The normalized spacial score (nSPS) is 11.7. The van der Waals surface area contributed by atoms with Gasteiger partial charge in [-0.25, -0.2) is 9.78 Å². The molecule has 0 radical (unpaired) electrons. The van der Waals surface area contributed by atoms with E-state index in [1.807, 2.05) is 0 Å². The van der Waals surface area contributed by atoms with Gasteiger partial charge in [-0.2, -0.15) is 0 Å². The summed E-state index contributed by atoms with van der Waals surface area (Å²) in [4.78, 5) is 34.1. The number of amides is 1. The number of rotatable bonds is 5. The maximum absolute atomic E-state index is 12.2. The van der Waals surface area contributed by atoms with Gasteiger partial charge in [0.2, 0.25) is 0 Å². The van der Waals surface area contributed by atoms with Crippen molar-refractivity contribution in [3.05, 3.63) is 36.2 Å². The Hall–Kier alpha value is -3.10. The number of aromatic hydroxyl groups is 2. The molecule has 0 aromatic carbocycles. The molecule has 0 saturated carbocycles. The third-order valence-electron chi connectivity index (χ3n) is 2.90. The second kappa shape index (κ2) is 6.57. The molecular weight excluding hydrogens is 292 g/mol. The van der Waals surface area contributed by atoms with Crippen molar-refractivity contribution in [1.29, 1.82) is 0 Å². The fourth-order valence-corrected chi connectivity index (χ4v) is 1.85. The van der Waals surface area contributed by atoms with E-state index in [1.165, 1.54) is 19.6 Å². The number of esters is 1. The molecule has 9 heteroatoms. The monoisotopic (exact) mass is 306 g/mol. The van der Waals surface area contributed by atoms with Crippen molar-refractivity contribution in [2.24, 2.45) is 0 Å². The van der Waals surface area contributed by atoms with Crippen molar-refractivity contribution in [2.75, 3.05) is 7.11 Å². The first kappa shape index (κ1) is 15.3. The van der Waals surface area contributed by atoms with Gasteiger partial charge in [0.25, 0.3) is 5.91 Å². The highest BCUT2D eigenvalue weighted by atomic mass is 16.5. The topological polar surface area (TPSA) is 137 Å². The maximum Gasteiger partial charge on any atom is 0.328 e. The number of nitrogens with one attached hydrogen (secondary N) is 2. The molecule has 0 aliphatic heterocycles. The van der Waals surface area contributed by atoms with Crippen LogP contribution in [0.15, 0.2) is 24.9 Å². The quantitative estimate of drug-likeness (QED) is 0.558. The van der Waals surface area contributed by atoms with Crippen LogP contribution in [0.2, 0.25) is 0 Å². The molecule has 2 rings (SSSR count). The highest BCUT2D eigenvalue weighted by molar-refractivity contribution is 6.01. The number of H-pyrrole nitrogens is 1. The molecule has 0 bridgehead atoms. The Morgan fingerprint density at radius 1 is 1.27 bits per heavy atom. The number of aromatic amines is 1. The standard InChI is InChI=1S/C13H14N4O5/c1-22-13(21)8(2-7-3-15-6-16-7)17-12(20)11-9(18)4-14-5-10(11)19/h3-6,8,18-19H,2H2,1H3,(H,15,16)(H,17,20)/t8-/m1/s1. The molecule has 22 heavy (non-hydrogen) atoms. The first-order valence-electron chi connectivity index (χ1n) is 6.24. The van der Waals surface area contributed by atoms with E-state index in [0.29, 0.717) is 5.69 Å². The van der Waals surface area contributed by atoms with Gasteiger partial charge < -0.3 is 25.3 Å². The molecule has 1 amide bonds. The number of imidazole rings is 1. The van der Waals surface area contributed by atoms with Crippen LogP contribution in [-0.4, -0.2) is 50.2 Å². The van der Waals surface area contributed by atoms with E-state index in [4.69, 9.17) is 0 Å². The largest absolute Gasteiger partial charge is 0.505 e. The number of carbonyl (C=O) groups excluding carboxylic acids is 2. The lowest BCUT2D eigenvalue weighted by Gasteiger charge is -2.16. The zero-order valence-electron chi connectivity index (χ0n) is 11.6. The van der Waals surface area contributed by atoms with Gasteiger partial charge in [-0.05, 0) is 0 Å². The summed E-state index contributed by atoms with van der Waals surface area (Å²) < 4.78 is 4.63. The summed E-state index contributed by atoms with van der Waals surface area (Å²) in [7, 11) is 1.19. The average Bonchev–Trinajstić information content (AvgIpc) is 2.98. The van der Waals surface area contributed by atoms with E-state index in [9.17, 15) is 19.8 Å². The fraction of sp³-hybridized carbons (Fsp3) is 0.231. The van der Waals surface area contributed by atoms with E-state index < -0.39 is 29.4 Å². The van der Waals surface area contributed by atoms with E-state index in [0.717, 1.165) is 12.4 Å². The minimum Gasteiger partial charge on any atom is -0.505 e. The highest BCUT2D eigenvalue weighted by Crippen LogP contribution is 2.24. The predicted molar refractivity (Wildman–Crippen MR) is 73.1 cm³/mol. The Balaban J connectivity index is 2.19. The van der Waals surface area contributed by atoms with Gasteiger partial charge in [0.05, 0.1) is 25.8 Å². The Kier molecular flexibility index (Phi) is 4.57. The molecule has 116 valence electrons. The average molecular weight is 306 g/mol. The lowest BCUT2D eigenvalue weighted by molar-refractivity contribution is -0.142. The molecule has 9 nitrogen and oxygen atoms in total. The van der Waals surface area contributed by atoms with Gasteiger partial charge >= 0.3 is 5.97 Å². The minimum absolute atomic E-state index is 0.116. The van der Waals surface area contributed by atoms with Crippen LogP contribution in [0, 0.1) is 0 Å². The minimum atomic E-state index is -1.01. The van der Waals surface area contributed by atoms with Crippen LogP contribution >= 0.6 is 0 Å². The summed E-state index contributed by atoms with van der Waals surface area (Å²) in [5.74, 6) is -2.49. The molecule has 0 aliphatic carbocycles. The zero-order chi connectivity index (χ0) is 16.1. The van der Waals surface area contributed by atoms with Crippen LogP contribution in [0.1, 0.15) is 16.1 Å². The Morgan fingerprint density at radius 3 is 2.50 bits per heavy atom. The van der Waals surface area contributed by atoms with Crippen LogP contribution in [0.25, 0.3) is 0 Å². The summed E-state index contributed by atoms with van der Waals surface area (Å²) in [5, 5.41) is 21.6. The Labute approximate surface area is 125 Å². The number of pyridine rings is 1. The summed E-state index contributed by atoms with van der Waals surface area (Å²) in [6, 6.07) is -1.01. The van der Waals surface area contributed by atoms with E-state index in [2.05, 4.69) is 25.0 Å². The lowest BCUT2D eigenvalue weighted by Crippen LogP contribution is -2.43. The van der Waals surface area contributed by atoms with Crippen LogP contribution in [0.3, 0.4) is 0 Å². The first-order chi connectivity index (χ1) is 10.5. The third-order valence-corrected chi connectivity index (χ3v) is 2.90. The SMILES string of the molecule is COC(=O)[C@@H](Cc1cnc[nH]1)NC(=O)c1c(O)cncc1O. The molecule has 4 N–H and O–H groups in total. The van der Waals surface area contributed by atoms with Crippen molar-refractivity contribution in [3.63, 3.8) is 0 Å². The number of carbonyl (C=O) groups is 2. The van der Waals surface area contributed by atoms with Crippen molar-refractivity contribution >= 4 is 11.9 Å². The predicted octanol–water partition coefficient (Wildman–Crippen LogP) is -0.270. The highest BCUT2D eigenvalue weighted by Gasteiger charge is 2.26. The smallest absolute Gasteiger partial charge is 0.328 e. The lowest BCUT2D eigenvalue weighted by atomic mass is 10.1. The van der Waals surface area contributed by atoms with E-state index in [-0.39, 0.29) is 12.0 Å². The fourth-order valence-electron chi connectivity index (χ4n) is 1.85. The molecule has 2 aromatic rings. The first-order valence-corrected chi connectivity index (χ1v) is 6.24. The number of hydrogen-bond donors (Lipinski definition) is 4. The number of ether oxygens (including phenoxy) is 1. The van der Waals surface area contributed by atoms with Gasteiger partial charge in [-0.1, -0.05) is 0 Å². The van der Waals surface area contributed by atoms with Gasteiger partial charge in [0.1, 0.15) is 23.1 Å². The second-order valence-electron chi connectivity index (χ2n) is 4.38. The summed E-state index contributed by atoms with van der Waals surface area (Å²) in [5.41, 5.74) is 0.243. The second-order valence-corrected chi connectivity index (χ2v) is 4.38.